The zero-order chi connectivity index (χ0) is 18.1. The number of fused-ring (bicyclic) bond motifs is 1. The van der Waals surface area contributed by atoms with Crippen molar-refractivity contribution in [3.63, 3.8) is 0 Å². The van der Waals surface area contributed by atoms with E-state index in [4.69, 9.17) is 9.47 Å². The molecule has 0 bridgehead atoms. The van der Waals surface area contributed by atoms with Gasteiger partial charge in [-0.05, 0) is 53.6 Å². The van der Waals surface area contributed by atoms with Crippen LogP contribution in [-0.2, 0) is 0 Å². The second-order valence-electron chi connectivity index (χ2n) is 6.14. The topological polar surface area (TPSA) is 58.9 Å². The first-order valence-electron chi connectivity index (χ1n) is 8.28. The van der Waals surface area contributed by atoms with Gasteiger partial charge in [-0.25, -0.2) is 0 Å². The molecular formula is C22H18O4. The van der Waals surface area contributed by atoms with Crippen LogP contribution in [0.4, 0.5) is 0 Å². The van der Waals surface area contributed by atoms with Crippen molar-refractivity contribution in [2.45, 2.75) is 6.10 Å². The third-order valence-electron chi connectivity index (χ3n) is 4.45. The second-order valence-corrected chi connectivity index (χ2v) is 6.14. The highest BCUT2D eigenvalue weighted by atomic mass is 16.5. The molecule has 3 aromatic rings. The van der Waals surface area contributed by atoms with Gasteiger partial charge in [-0.15, -0.1) is 0 Å². The average Bonchev–Trinajstić information content (AvgIpc) is 2.68. The third-order valence-corrected chi connectivity index (χ3v) is 4.45. The van der Waals surface area contributed by atoms with Gasteiger partial charge in [-0.2, -0.15) is 0 Å². The Morgan fingerprint density at radius 1 is 0.846 bits per heavy atom. The Kier molecular flexibility index (Phi) is 4.01. The fraction of sp³-hybridized carbons (Fsp3) is 0.0909. The molecular weight excluding hydrogens is 328 g/mol. The molecule has 130 valence electrons. The summed E-state index contributed by atoms with van der Waals surface area (Å²) >= 11 is 0. The van der Waals surface area contributed by atoms with Crippen molar-refractivity contribution in [2.75, 3.05) is 7.11 Å². The lowest BCUT2D eigenvalue weighted by Crippen LogP contribution is -2.14. The highest BCUT2D eigenvalue weighted by Gasteiger charge is 2.26. The lowest BCUT2D eigenvalue weighted by atomic mass is 9.91. The van der Waals surface area contributed by atoms with Gasteiger partial charge in [-0.1, -0.05) is 24.3 Å². The molecule has 0 fully saturated rings. The van der Waals surface area contributed by atoms with Gasteiger partial charge in [0.1, 0.15) is 29.1 Å². The Labute approximate surface area is 151 Å². The minimum Gasteiger partial charge on any atom is -0.508 e. The third kappa shape index (κ3) is 2.97. The van der Waals surface area contributed by atoms with Crippen LogP contribution >= 0.6 is 0 Å². The van der Waals surface area contributed by atoms with E-state index < -0.39 is 0 Å². The molecule has 4 heteroatoms. The number of phenolic OH excluding ortho intramolecular Hbond substituents is 2. The maximum atomic E-state index is 9.78. The SMILES string of the molecule is COc1ccc(C2Oc3cc(O)ccc3C=C2c2ccc(O)cc2)cc1. The summed E-state index contributed by atoms with van der Waals surface area (Å²) in [5.74, 6) is 1.79. The summed E-state index contributed by atoms with van der Waals surface area (Å²) in [7, 11) is 1.63. The Hall–Kier alpha value is -3.40. The van der Waals surface area contributed by atoms with E-state index in [9.17, 15) is 10.2 Å². The lowest BCUT2D eigenvalue weighted by molar-refractivity contribution is 0.260. The van der Waals surface area contributed by atoms with Crippen molar-refractivity contribution in [3.8, 4) is 23.0 Å². The summed E-state index contributed by atoms with van der Waals surface area (Å²) in [6, 6.07) is 19.9. The zero-order valence-corrected chi connectivity index (χ0v) is 14.2. The van der Waals surface area contributed by atoms with E-state index in [0.717, 1.165) is 28.0 Å². The van der Waals surface area contributed by atoms with Crippen LogP contribution in [0, 0.1) is 0 Å². The monoisotopic (exact) mass is 346 g/mol. The molecule has 1 atom stereocenters. The van der Waals surface area contributed by atoms with Gasteiger partial charge in [0.2, 0.25) is 0 Å². The summed E-state index contributed by atoms with van der Waals surface area (Å²) < 4.78 is 11.5. The summed E-state index contributed by atoms with van der Waals surface area (Å²) in [5, 5.41) is 19.4. The van der Waals surface area contributed by atoms with Crippen molar-refractivity contribution >= 4 is 11.6 Å². The fourth-order valence-corrected chi connectivity index (χ4v) is 3.09. The Bertz CT molecular complexity index is 956. The minimum atomic E-state index is -0.334. The zero-order valence-electron chi connectivity index (χ0n) is 14.2. The predicted molar refractivity (Wildman–Crippen MR) is 100 cm³/mol. The molecule has 0 saturated carbocycles. The molecule has 0 amide bonds. The predicted octanol–water partition coefficient (Wildman–Crippen LogP) is 4.78. The number of rotatable bonds is 3. The number of phenols is 2. The van der Waals surface area contributed by atoms with E-state index >= 15 is 0 Å². The molecule has 26 heavy (non-hydrogen) atoms. The molecule has 1 aliphatic rings. The first-order chi connectivity index (χ1) is 12.6. The number of ether oxygens (including phenoxy) is 2. The summed E-state index contributed by atoms with van der Waals surface area (Å²) in [5.41, 5.74) is 3.81. The minimum absolute atomic E-state index is 0.165. The number of methoxy groups -OCH3 is 1. The molecule has 4 rings (SSSR count). The summed E-state index contributed by atoms with van der Waals surface area (Å²) in [4.78, 5) is 0. The number of hydrogen-bond donors (Lipinski definition) is 2. The van der Waals surface area contributed by atoms with Gasteiger partial charge in [0.15, 0.2) is 0 Å². The van der Waals surface area contributed by atoms with Crippen LogP contribution in [-0.4, -0.2) is 17.3 Å². The Morgan fingerprint density at radius 2 is 1.54 bits per heavy atom. The number of hydrogen-bond acceptors (Lipinski definition) is 4. The van der Waals surface area contributed by atoms with Crippen LogP contribution in [0.5, 0.6) is 23.0 Å². The normalized spacial score (nSPS) is 15.6. The maximum absolute atomic E-state index is 9.78. The highest BCUT2D eigenvalue weighted by Crippen LogP contribution is 2.43. The number of aromatic hydroxyl groups is 2. The number of benzene rings is 3. The van der Waals surface area contributed by atoms with Gasteiger partial charge in [0.05, 0.1) is 7.11 Å². The Morgan fingerprint density at radius 3 is 2.23 bits per heavy atom. The van der Waals surface area contributed by atoms with Gasteiger partial charge in [0.25, 0.3) is 0 Å². The lowest BCUT2D eigenvalue weighted by Gasteiger charge is -2.28. The van der Waals surface area contributed by atoms with E-state index in [1.807, 2.05) is 42.5 Å². The fourth-order valence-electron chi connectivity index (χ4n) is 3.09. The van der Waals surface area contributed by atoms with Crippen molar-refractivity contribution in [3.05, 3.63) is 83.4 Å². The van der Waals surface area contributed by atoms with Crippen LogP contribution < -0.4 is 9.47 Å². The van der Waals surface area contributed by atoms with Crippen LogP contribution in [0.3, 0.4) is 0 Å². The molecule has 0 spiro atoms. The average molecular weight is 346 g/mol. The standard InChI is InChI=1S/C22H18O4/c1-25-19-10-5-15(6-11-19)22-20(14-2-7-17(23)8-3-14)12-16-4-9-18(24)13-21(16)26-22/h2-13,22-24H,1H3. The first-order valence-corrected chi connectivity index (χ1v) is 8.28. The molecule has 2 N–H and O–H groups in total. The smallest absolute Gasteiger partial charge is 0.149 e. The van der Waals surface area contributed by atoms with Crippen LogP contribution in [0.1, 0.15) is 22.8 Å². The largest absolute Gasteiger partial charge is 0.508 e. The van der Waals surface area contributed by atoms with Crippen LogP contribution in [0.15, 0.2) is 66.7 Å². The van der Waals surface area contributed by atoms with E-state index in [0.29, 0.717) is 5.75 Å². The quantitative estimate of drug-likeness (QED) is 0.716. The van der Waals surface area contributed by atoms with Gasteiger partial charge in [-0.3, -0.25) is 0 Å². The molecule has 0 radical (unpaired) electrons. The molecule has 0 saturated heterocycles. The summed E-state index contributed by atoms with van der Waals surface area (Å²) in [6.07, 6.45) is 1.72. The maximum Gasteiger partial charge on any atom is 0.149 e. The molecule has 1 aliphatic heterocycles. The van der Waals surface area contributed by atoms with E-state index in [1.165, 1.54) is 0 Å². The highest BCUT2D eigenvalue weighted by molar-refractivity contribution is 5.88. The molecule has 1 unspecified atom stereocenters. The van der Waals surface area contributed by atoms with Gasteiger partial charge in [0, 0.05) is 17.2 Å². The van der Waals surface area contributed by atoms with Gasteiger partial charge < -0.3 is 19.7 Å². The molecule has 4 nitrogen and oxygen atoms in total. The molecule has 3 aromatic carbocycles. The first kappa shape index (κ1) is 16.1. The van der Waals surface area contributed by atoms with Crippen molar-refractivity contribution in [1.29, 1.82) is 0 Å². The van der Waals surface area contributed by atoms with Crippen molar-refractivity contribution in [2.24, 2.45) is 0 Å². The molecule has 0 aromatic heterocycles. The second kappa shape index (κ2) is 6.48. The molecule has 1 heterocycles. The Balaban J connectivity index is 1.83. The summed E-state index contributed by atoms with van der Waals surface area (Å²) in [6.45, 7) is 0. The molecule has 0 aliphatic carbocycles. The van der Waals surface area contributed by atoms with Crippen molar-refractivity contribution < 1.29 is 19.7 Å². The van der Waals surface area contributed by atoms with E-state index in [2.05, 4.69) is 6.08 Å². The van der Waals surface area contributed by atoms with Gasteiger partial charge >= 0.3 is 0 Å². The van der Waals surface area contributed by atoms with E-state index in [1.54, 1.807) is 31.4 Å². The van der Waals surface area contributed by atoms with Crippen molar-refractivity contribution in [1.82, 2.24) is 0 Å². The van der Waals surface area contributed by atoms with Crippen LogP contribution in [0.2, 0.25) is 0 Å². The van der Waals surface area contributed by atoms with E-state index in [-0.39, 0.29) is 17.6 Å². The van der Waals surface area contributed by atoms with Crippen LogP contribution in [0.25, 0.3) is 11.6 Å².